The van der Waals surface area contributed by atoms with Gasteiger partial charge in [-0.25, -0.2) is 0 Å². The molecule has 0 saturated heterocycles. The molecule has 0 bridgehead atoms. The van der Waals surface area contributed by atoms with Crippen molar-refractivity contribution < 1.29 is 0 Å². The topological polar surface area (TPSA) is 35.8 Å². The summed E-state index contributed by atoms with van der Waals surface area (Å²) in [5.41, 5.74) is 4.18. The molecule has 1 N–H and O–H groups in total. The molecule has 1 aliphatic rings. The minimum absolute atomic E-state index is 0.231. The van der Waals surface area contributed by atoms with Gasteiger partial charge >= 0.3 is 0 Å². The van der Waals surface area contributed by atoms with E-state index in [1.165, 1.54) is 29.5 Å². The Bertz CT molecular complexity index is 734. The van der Waals surface area contributed by atoms with E-state index in [1.54, 1.807) is 0 Å². The van der Waals surface area contributed by atoms with Gasteiger partial charge in [0.1, 0.15) is 0 Å². The number of nitrogens with one attached hydrogen (secondary N) is 1. The Morgan fingerprint density at radius 3 is 2.35 bits per heavy atom. The second-order valence-corrected chi connectivity index (χ2v) is 8.03. The van der Waals surface area contributed by atoms with Crippen LogP contribution in [0.15, 0.2) is 54.6 Å². The van der Waals surface area contributed by atoms with E-state index in [0.717, 1.165) is 19.4 Å². The van der Waals surface area contributed by atoms with Gasteiger partial charge in [-0.3, -0.25) is 0 Å². The highest BCUT2D eigenvalue weighted by Gasteiger charge is 2.37. The maximum Gasteiger partial charge on any atom is 0.0627 e. The van der Waals surface area contributed by atoms with E-state index >= 15 is 0 Å². The van der Waals surface area contributed by atoms with Crippen LogP contribution in [0.4, 0.5) is 0 Å². The average molecular weight is 347 g/mol. The highest BCUT2D eigenvalue weighted by molar-refractivity contribution is 5.67. The number of rotatable bonds is 6. The predicted octanol–water partition coefficient (Wildman–Crippen LogP) is 5.94. The van der Waals surface area contributed by atoms with Crippen molar-refractivity contribution in [3.63, 3.8) is 0 Å². The molecular weight excluding hydrogens is 316 g/mol. The zero-order valence-corrected chi connectivity index (χ0v) is 16.0. The molecular formula is C24H30N2. The Morgan fingerprint density at radius 2 is 1.69 bits per heavy atom. The van der Waals surface area contributed by atoms with Crippen molar-refractivity contribution in [2.75, 3.05) is 0 Å². The second-order valence-electron chi connectivity index (χ2n) is 8.03. The smallest absolute Gasteiger partial charge is 0.0627 e. The van der Waals surface area contributed by atoms with E-state index in [0.29, 0.717) is 18.4 Å². The molecule has 0 amide bonds. The molecule has 1 fully saturated rings. The molecule has 2 nitrogen and oxygen atoms in total. The molecule has 0 unspecified atom stereocenters. The summed E-state index contributed by atoms with van der Waals surface area (Å²) in [7, 11) is 0. The first-order valence-corrected chi connectivity index (χ1v) is 9.88. The van der Waals surface area contributed by atoms with Gasteiger partial charge < -0.3 is 5.32 Å². The van der Waals surface area contributed by atoms with Gasteiger partial charge in [-0.1, -0.05) is 68.4 Å². The summed E-state index contributed by atoms with van der Waals surface area (Å²) in [6.07, 6.45) is 5.38. The lowest BCUT2D eigenvalue weighted by molar-refractivity contribution is 0.105. The highest BCUT2D eigenvalue weighted by atomic mass is 14.9. The fraction of sp³-hybridized carbons (Fsp3) is 0.458. The normalized spacial score (nSPS) is 22.9. The lowest BCUT2D eigenvalue weighted by Crippen LogP contribution is -2.39. The number of hydrogen-bond acceptors (Lipinski definition) is 2. The molecule has 0 heterocycles. The summed E-state index contributed by atoms with van der Waals surface area (Å²) >= 11 is 0. The van der Waals surface area contributed by atoms with Crippen molar-refractivity contribution in [2.24, 2.45) is 11.3 Å². The van der Waals surface area contributed by atoms with E-state index in [4.69, 9.17) is 0 Å². The number of hydrogen-bond donors (Lipinski definition) is 1. The summed E-state index contributed by atoms with van der Waals surface area (Å²) < 4.78 is 0. The molecule has 0 atom stereocenters. The molecule has 2 heteroatoms. The Morgan fingerprint density at radius 1 is 1.04 bits per heavy atom. The van der Waals surface area contributed by atoms with Gasteiger partial charge in [0.25, 0.3) is 0 Å². The van der Waals surface area contributed by atoms with Crippen molar-refractivity contribution in [2.45, 2.75) is 58.5 Å². The second kappa shape index (κ2) is 8.52. The predicted molar refractivity (Wildman–Crippen MR) is 108 cm³/mol. The molecule has 136 valence electrons. The van der Waals surface area contributed by atoms with Crippen LogP contribution >= 0.6 is 0 Å². The zero-order chi connectivity index (χ0) is 18.4. The van der Waals surface area contributed by atoms with E-state index in [9.17, 15) is 5.26 Å². The minimum atomic E-state index is 0.231. The quantitative estimate of drug-likeness (QED) is 0.702. The van der Waals surface area contributed by atoms with Gasteiger partial charge in [0.2, 0.25) is 0 Å². The first-order chi connectivity index (χ1) is 12.6. The molecule has 0 aromatic heterocycles. The largest absolute Gasteiger partial charge is 0.310 e. The fourth-order valence-electron chi connectivity index (χ4n) is 4.34. The van der Waals surface area contributed by atoms with Crippen molar-refractivity contribution in [1.29, 1.82) is 5.26 Å². The van der Waals surface area contributed by atoms with Gasteiger partial charge in [-0.05, 0) is 53.7 Å². The molecule has 0 radical (unpaired) electrons. The molecule has 1 saturated carbocycles. The van der Waals surface area contributed by atoms with Crippen LogP contribution in [0.25, 0.3) is 11.1 Å². The fourth-order valence-corrected chi connectivity index (χ4v) is 4.34. The number of nitriles is 1. The minimum Gasteiger partial charge on any atom is -0.310 e. The summed E-state index contributed by atoms with van der Waals surface area (Å²) in [4.78, 5) is 0. The zero-order valence-electron chi connectivity index (χ0n) is 16.0. The average Bonchev–Trinajstić information content (AvgIpc) is 2.68. The van der Waals surface area contributed by atoms with Crippen molar-refractivity contribution in [1.82, 2.24) is 5.32 Å². The van der Waals surface area contributed by atoms with Crippen LogP contribution in [0.3, 0.4) is 0 Å². The molecule has 2 aromatic rings. The molecule has 1 aliphatic carbocycles. The number of nitrogens with zero attached hydrogens (tertiary/aromatic N) is 1. The number of benzene rings is 2. The van der Waals surface area contributed by atoms with Gasteiger partial charge in [0.15, 0.2) is 0 Å². The standard InChI is InChI=1S/C24H30N2/c1-19(2)24(16-17-25)14-12-22(13-15-24)26-18-21-10-6-7-11-23(21)20-8-4-3-5-9-20/h3-11,19,22,26H,12-16,18H2,1-2H3. The third kappa shape index (κ3) is 4.17. The van der Waals surface area contributed by atoms with Gasteiger partial charge in [0.05, 0.1) is 6.07 Å². The third-order valence-electron chi connectivity index (χ3n) is 6.32. The van der Waals surface area contributed by atoms with Gasteiger partial charge in [-0.2, -0.15) is 5.26 Å². The molecule has 0 aliphatic heterocycles. The van der Waals surface area contributed by atoms with Crippen LogP contribution in [-0.4, -0.2) is 6.04 Å². The first kappa shape index (κ1) is 18.7. The van der Waals surface area contributed by atoms with Crippen LogP contribution in [0.2, 0.25) is 0 Å². The summed E-state index contributed by atoms with van der Waals surface area (Å²) in [6.45, 7) is 5.46. The van der Waals surface area contributed by atoms with Crippen LogP contribution in [0.1, 0.15) is 51.5 Å². The van der Waals surface area contributed by atoms with E-state index in [1.807, 2.05) is 0 Å². The summed E-state index contributed by atoms with van der Waals surface area (Å²) in [5.74, 6) is 0.585. The third-order valence-corrected chi connectivity index (χ3v) is 6.32. The van der Waals surface area contributed by atoms with Crippen molar-refractivity contribution in [3.05, 3.63) is 60.2 Å². The van der Waals surface area contributed by atoms with Gasteiger partial charge in [-0.15, -0.1) is 0 Å². The lowest BCUT2D eigenvalue weighted by atomic mass is 9.64. The van der Waals surface area contributed by atoms with E-state index < -0.39 is 0 Å². The lowest BCUT2D eigenvalue weighted by Gasteiger charge is -2.42. The monoisotopic (exact) mass is 346 g/mol. The van der Waals surface area contributed by atoms with Gasteiger partial charge in [0, 0.05) is 19.0 Å². The SMILES string of the molecule is CC(C)C1(CC#N)CCC(NCc2ccccc2-c2ccccc2)CC1. The summed E-state index contributed by atoms with van der Waals surface area (Å²) in [5, 5.41) is 13.0. The molecule has 3 rings (SSSR count). The maximum atomic E-state index is 9.22. The first-order valence-electron chi connectivity index (χ1n) is 9.88. The van der Waals surface area contributed by atoms with Crippen molar-refractivity contribution >= 4 is 0 Å². The maximum absolute atomic E-state index is 9.22. The van der Waals surface area contributed by atoms with Crippen LogP contribution < -0.4 is 5.32 Å². The Balaban J connectivity index is 1.62. The Hall–Kier alpha value is -2.11. The Labute approximate surface area is 158 Å². The molecule has 26 heavy (non-hydrogen) atoms. The summed E-state index contributed by atoms with van der Waals surface area (Å²) in [6, 6.07) is 22.3. The molecule has 0 spiro atoms. The van der Waals surface area contributed by atoms with E-state index in [-0.39, 0.29) is 5.41 Å². The van der Waals surface area contributed by atoms with Crippen LogP contribution in [0.5, 0.6) is 0 Å². The van der Waals surface area contributed by atoms with E-state index in [2.05, 4.69) is 79.8 Å². The highest BCUT2D eigenvalue weighted by Crippen LogP contribution is 2.45. The van der Waals surface area contributed by atoms with Crippen LogP contribution in [-0.2, 0) is 6.54 Å². The van der Waals surface area contributed by atoms with Crippen molar-refractivity contribution in [3.8, 4) is 17.2 Å². The van der Waals surface area contributed by atoms with Crippen LogP contribution in [0, 0.1) is 22.7 Å². The Kier molecular flexibility index (Phi) is 6.12. The molecule has 2 aromatic carbocycles.